The fourth-order valence-corrected chi connectivity index (χ4v) is 16.2. The van der Waals surface area contributed by atoms with Gasteiger partial charge in [-0.05, 0) is 136 Å². The van der Waals surface area contributed by atoms with Gasteiger partial charge in [0, 0.05) is 25.2 Å². The van der Waals surface area contributed by atoms with Crippen molar-refractivity contribution in [3.05, 3.63) is 82.9 Å². The van der Waals surface area contributed by atoms with Crippen LogP contribution in [0.1, 0.15) is 176 Å². The molecule has 2 aromatic rings. The summed E-state index contributed by atoms with van der Waals surface area (Å²) in [6, 6.07) is 14.6. The number of carbonyl (C=O) groups excluding carboxylic acids is 5. The zero-order valence-electron chi connectivity index (χ0n) is 48.4. The fraction of sp³-hybridized carbons (Fsp3) is 0.698. The molecule has 0 aromatic heterocycles. The Hall–Kier alpha value is -4.67. The van der Waals surface area contributed by atoms with Crippen LogP contribution >= 0.6 is 0 Å². The number of alkyl carbamates (subject to hydrolysis) is 1. The summed E-state index contributed by atoms with van der Waals surface area (Å²) >= 11 is 0. The molecule has 15 heteroatoms. The highest BCUT2D eigenvalue weighted by Gasteiger charge is 2.78. The third kappa shape index (κ3) is 10.5. The molecule has 0 spiro atoms. The minimum Gasteiger partial charge on any atom is -0.456 e. The first-order valence-corrected chi connectivity index (χ1v) is 28.7. The molecule has 6 fully saturated rings. The quantitative estimate of drug-likeness (QED) is 0.0944. The van der Waals surface area contributed by atoms with Gasteiger partial charge in [0.05, 0.1) is 35.6 Å². The van der Waals surface area contributed by atoms with Crippen molar-refractivity contribution in [1.29, 1.82) is 0 Å². The van der Waals surface area contributed by atoms with E-state index in [0.717, 1.165) is 36.5 Å². The number of benzene rings is 2. The number of amides is 1. The Kier molecular flexibility index (Phi) is 16.5. The van der Waals surface area contributed by atoms with Gasteiger partial charge in [-0.1, -0.05) is 116 Å². The third-order valence-corrected chi connectivity index (χ3v) is 20.8. The van der Waals surface area contributed by atoms with E-state index < -0.39 is 112 Å². The highest BCUT2D eigenvalue weighted by molar-refractivity contribution is 5.94. The molecule has 1 unspecified atom stereocenters. The van der Waals surface area contributed by atoms with E-state index >= 15 is 0 Å². The average molecular weight is 1080 g/mol. The molecule has 6 aliphatic carbocycles. The summed E-state index contributed by atoms with van der Waals surface area (Å²) in [5.74, 6) is -0.444. The summed E-state index contributed by atoms with van der Waals surface area (Å²) in [7, 11) is 0. The first-order valence-electron chi connectivity index (χ1n) is 28.7. The lowest BCUT2D eigenvalue weighted by molar-refractivity contribution is -0.346. The molecule has 0 radical (unpaired) electrons. The zero-order valence-corrected chi connectivity index (χ0v) is 48.4. The first-order chi connectivity index (χ1) is 36.3. The monoisotopic (exact) mass is 1080 g/mol. The molecule has 4 bridgehead atoms. The summed E-state index contributed by atoms with van der Waals surface area (Å²) in [6.45, 7) is 24.7. The number of ketones is 1. The number of esters is 3. The number of rotatable bonds is 8. The maximum absolute atomic E-state index is 14.9. The number of aliphatic hydroxyl groups excluding tert-OH is 3. The molecule has 9 rings (SSSR count). The summed E-state index contributed by atoms with van der Waals surface area (Å²) in [4.78, 5) is 68.9. The lowest BCUT2D eigenvalue weighted by atomic mass is 9.44. The van der Waals surface area contributed by atoms with Crippen LogP contribution in [0.4, 0.5) is 4.79 Å². The lowest BCUT2D eigenvalue weighted by Gasteiger charge is -2.67. The number of Topliss-reactive ketones (excluding diaryl/α,β-unsaturated/α-hetero) is 1. The van der Waals surface area contributed by atoms with Crippen LogP contribution in [0.3, 0.4) is 0 Å². The van der Waals surface area contributed by atoms with Gasteiger partial charge in [0.15, 0.2) is 17.5 Å². The summed E-state index contributed by atoms with van der Waals surface area (Å²) in [5.41, 5.74) is -6.87. The Bertz CT molecular complexity index is 2590. The topological polar surface area (TPSA) is 224 Å². The van der Waals surface area contributed by atoms with Gasteiger partial charge in [-0.15, -0.1) is 0 Å². The predicted molar refractivity (Wildman–Crippen MR) is 291 cm³/mol. The van der Waals surface area contributed by atoms with Crippen LogP contribution in [-0.2, 0) is 38.1 Å². The normalized spacial score (nSPS) is 38.3. The SMILES string of the molecule is CC(=O)O[C@@]12CO[C@@H]1C[C@H](O)[C@@]1(C)C(=O)[C@H](O)C3=C(C)[C@@H](OC(=O)C(O)[C@@H](NC(=O)OC(C)(C)C)c4ccccc4)C[C@@](O)([C@@H](OC(=O)c4ccccc4)[C@H]21)C3(C)C.C[C@@H]1CCC[C@@]2(C)CC[C@H]3[C@H](C)CC[C@@H](C[C@H]12)C3(C)C. The second-order valence-electron chi connectivity index (χ2n) is 27.2. The second kappa shape index (κ2) is 21.7. The molecule has 15 nitrogen and oxygen atoms in total. The molecule has 7 aliphatic rings. The number of hydrogen-bond donors (Lipinski definition) is 5. The minimum atomic E-state index is -2.35. The minimum absolute atomic E-state index is 0.0637. The van der Waals surface area contributed by atoms with Gasteiger partial charge in [0.25, 0.3) is 0 Å². The molecule has 1 saturated heterocycles. The Morgan fingerprint density at radius 3 is 2.05 bits per heavy atom. The van der Waals surface area contributed by atoms with Crippen LogP contribution in [0.5, 0.6) is 0 Å². The number of fused-ring (bicyclic) bond motifs is 8. The molecular formula is C63H89NO14. The number of carbonyl (C=O) groups is 5. The Morgan fingerprint density at radius 1 is 0.821 bits per heavy atom. The van der Waals surface area contributed by atoms with Gasteiger partial charge in [-0.2, -0.15) is 0 Å². The average Bonchev–Trinajstić information content (AvgIpc) is 2.76. The molecule has 17 atom stereocenters. The van der Waals surface area contributed by atoms with E-state index in [4.69, 9.17) is 23.7 Å². The van der Waals surface area contributed by atoms with Crippen LogP contribution < -0.4 is 5.32 Å². The zero-order chi connectivity index (χ0) is 57.3. The van der Waals surface area contributed by atoms with Crippen molar-refractivity contribution >= 4 is 29.8 Å². The molecule has 2 aromatic carbocycles. The van der Waals surface area contributed by atoms with Gasteiger partial charge >= 0.3 is 24.0 Å². The van der Waals surface area contributed by atoms with E-state index in [9.17, 15) is 44.4 Å². The van der Waals surface area contributed by atoms with Gasteiger partial charge in [0.2, 0.25) is 0 Å². The van der Waals surface area contributed by atoms with Gasteiger partial charge in [0.1, 0.15) is 35.6 Å². The second-order valence-corrected chi connectivity index (χ2v) is 27.2. The van der Waals surface area contributed by atoms with Crippen LogP contribution in [0.25, 0.3) is 0 Å². The smallest absolute Gasteiger partial charge is 0.408 e. The van der Waals surface area contributed by atoms with E-state index in [0.29, 0.717) is 16.4 Å². The van der Waals surface area contributed by atoms with Gasteiger partial charge in [-0.3, -0.25) is 9.59 Å². The molecule has 1 amide bonds. The van der Waals surface area contributed by atoms with Crippen molar-refractivity contribution in [2.75, 3.05) is 6.61 Å². The summed E-state index contributed by atoms with van der Waals surface area (Å²) < 4.78 is 29.5. The maximum Gasteiger partial charge on any atom is 0.408 e. The lowest BCUT2D eigenvalue weighted by Crippen LogP contribution is -2.81. The number of ether oxygens (including phenoxy) is 5. The van der Waals surface area contributed by atoms with Crippen LogP contribution in [0.15, 0.2) is 71.8 Å². The van der Waals surface area contributed by atoms with E-state index in [1.165, 1.54) is 77.3 Å². The number of nitrogens with one attached hydrogen (secondary N) is 1. The van der Waals surface area contributed by atoms with E-state index in [1.54, 1.807) is 83.1 Å². The Labute approximate surface area is 461 Å². The molecule has 1 aliphatic heterocycles. The van der Waals surface area contributed by atoms with Crippen LogP contribution in [-0.4, -0.2) is 110 Å². The highest BCUT2D eigenvalue weighted by Crippen LogP contribution is 2.65. The first kappa shape index (κ1) is 59.5. The maximum atomic E-state index is 14.9. The highest BCUT2D eigenvalue weighted by atomic mass is 16.6. The standard InChI is InChI=1S/C43H53NO14.C20H36/c1-22-26(55-37(51)32(48)30(24-15-11-9-12-16-24)44-38(52)58-39(3,4)5)20-43(53)35(56-36(50)25-17-13-10-14-18-25)33-41(8,34(49)31(47)29(22)40(43,6)7)27(46)19-28-42(33,21-54-28)57-23(2)45;1-14-7-6-11-20(5)12-10-17-15(2)8-9-16(13-18(14)20)19(17,3)4/h9-18,26-28,30-33,35,46-48,53H,19-21H2,1-8H3,(H,44,52);14-18H,6-13H2,1-5H3/t26-,27-,28+,30-,31+,32?,33-,35-,41+,42-,43+;14-,15-,16+,17+,18-,20+/m01/s1. The van der Waals surface area contributed by atoms with Gasteiger partial charge < -0.3 is 49.4 Å². The van der Waals surface area contributed by atoms with E-state index in [2.05, 4.69) is 39.9 Å². The molecule has 1 heterocycles. The van der Waals surface area contributed by atoms with E-state index in [1.807, 2.05) is 0 Å². The molecule has 430 valence electrons. The largest absolute Gasteiger partial charge is 0.456 e. The van der Waals surface area contributed by atoms with Crippen molar-refractivity contribution < 1.29 is 68.1 Å². The Balaban J connectivity index is 0.000000333. The Morgan fingerprint density at radius 2 is 1.45 bits per heavy atom. The van der Waals surface area contributed by atoms with Crippen molar-refractivity contribution in [2.24, 2.45) is 57.2 Å². The van der Waals surface area contributed by atoms with Crippen molar-refractivity contribution in [2.45, 2.75) is 214 Å². The molecular weight excluding hydrogens is 995 g/mol. The molecule has 78 heavy (non-hydrogen) atoms. The fourth-order valence-electron chi connectivity index (χ4n) is 16.2. The van der Waals surface area contributed by atoms with Crippen molar-refractivity contribution in [3.8, 4) is 0 Å². The van der Waals surface area contributed by atoms with Crippen molar-refractivity contribution in [3.63, 3.8) is 0 Å². The van der Waals surface area contributed by atoms with E-state index in [-0.39, 0.29) is 29.7 Å². The van der Waals surface area contributed by atoms with Crippen LogP contribution in [0, 0.1) is 57.2 Å². The van der Waals surface area contributed by atoms with Crippen LogP contribution in [0.2, 0.25) is 0 Å². The summed E-state index contributed by atoms with van der Waals surface area (Å²) in [6.07, 6.45) is 0.557. The number of hydrogen-bond acceptors (Lipinski definition) is 14. The third-order valence-electron chi connectivity index (χ3n) is 20.8. The van der Waals surface area contributed by atoms with Crippen molar-refractivity contribution in [1.82, 2.24) is 5.32 Å². The van der Waals surface area contributed by atoms with Gasteiger partial charge in [-0.25, -0.2) is 14.4 Å². The predicted octanol–water partition coefficient (Wildman–Crippen LogP) is 9.56. The number of aliphatic hydroxyl groups is 4. The summed E-state index contributed by atoms with van der Waals surface area (Å²) in [5, 5.41) is 51.6. The molecule has 5 saturated carbocycles. The molecule has 5 N–H and O–H groups in total.